The zero-order valence-corrected chi connectivity index (χ0v) is 15.3. The van der Waals surface area contributed by atoms with Gasteiger partial charge in [0.05, 0.1) is 0 Å². The molecule has 6 nitrogen and oxygen atoms in total. The number of nitrogens with zero attached hydrogens (tertiary/aromatic N) is 2. The summed E-state index contributed by atoms with van der Waals surface area (Å²) in [6.45, 7) is 2.93. The summed E-state index contributed by atoms with van der Waals surface area (Å²) >= 11 is 1.21. The number of halogens is 1. The van der Waals surface area contributed by atoms with E-state index in [4.69, 9.17) is 5.73 Å². The molecular weight excluding hydrogens is 358 g/mol. The average molecular weight is 380 g/mol. The molecule has 0 aliphatic carbocycles. The van der Waals surface area contributed by atoms with E-state index in [0.717, 1.165) is 19.3 Å². The fraction of sp³-hybridized carbons (Fsp3) is 0.643. The van der Waals surface area contributed by atoms with E-state index in [-0.39, 0.29) is 23.2 Å². The van der Waals surface area contributed by atoms with Gasteiger partial charge in [0.15, 0.2) is 0 Å². The fourth-order valence-electron chi connectivity index (χ4n) is 3.08. The van der Waals surface area contributed by atoms with E-state index in [2.05, 4.69) is 0 Å². The molecule has 9 heteroatoms. The van der Waals surface area contributed by atoms with E-state index in [1.54, 1.807) is 16.3 Å². The molecule has 2 N–H and O–H groups in total. The Hall–Kier alpha value is -0.670. The molecule has 3 heterocycles. The number of amides is 1. The standard InChI is InChI=1S/C14H21N3O3S2.ClH/c15-9-11-3-7-16(10-11)14(18)13-12(4-8-21-13)22(19,20)17-5-1-2-6-17;/h4,8,11H,1-3,5-7,9-10,15H2;1H. The summed E-state index contributed by atoms with van der Waals surface area (Å²) in [6.07, 6.45) is 2.66. The van der Waals surface area contributed by atoms with Crippen molar-refractivity contribution < 1.29 is 13.2 Å². The zero-order chi connectivity index (χ0) is 15.7. The maximum atomic E-state index is 12.7. The molecule has 130 valence electrons. The Balaban J connectivity index is 0.00000192. The Morgan fingerprint density at radius 3 is 2.61 bits per heavy atom. The van der Waals surface area contributed by atoms with Gasteiger partial charge >= 0.3 is 0 Å². The van der Waals surface area contributed by atoms with Crippen LogP contribution in [0.1, 0.15) is 28.9 Å². The molecule has 2 saturated heterocycles. The predicted molar refractivity (Wildman–Crippen MR) is 92.6 cm³/mol. The molecule has 0 bridgehead atoms. The number of carbonyl (C=O) groups excluding carboxylic acids is 1. The number of carbonyl (C=O) groups is 1. The summed E-state index contributed by atoms with van der Waals surface area (Å²) in [6, 6.07) is 1.56. The Morgan fingerprint density at radius 2 is 2.00 bits per heavy atom. The molecular formula is C14H22ClN3O3S2. The first-order valence-corrected chi connectivity index (χ1v) is 9.93. The van der Waals surface area contributed by atoms with Gasteiger partial charge in [-0.05, 0) is 43.2 Å². The molecule has 0 saturated carbocycles. The number of nitrogens with two attached hydrogens (primary N) is 1. The second-order valence-corrected chi connectivity index (χ2v) is 8.69. The monoisotopic (exact) mass is 379 g/mol. The third-order valence-electron chi connectivity index (χ3n) is 4.41. The Kier molecular flexibility index (Phi) is 6.07. The number of hydrogen-bond donors (Lipinski definition) is 1. The van der Waals surface area contributed by atoms with Crippen molar-refractivity contribution in [2.45, 2.75) is 24.2 Å². The van der Waals surface area contributed by atoms with E-state index in [0.29, 0.717) is 43.5 Å². The fourth-order valence-corrected chi connectivity index (χ4v) is 5.96. The number of thiophene rings is 1. The topological polar surface area (TPSA) is 83.7 Å². The molecule has 0 radical (unpaired) electrons. The summed E-state index contributed by atoms with van der Waals surface area (Å²) in [7, 11) is -3.55. The van der Waals surface area contributed by atoms with Crippen molar-refractivity contribution in [3.63, 3.8) is 0 Å². The highest BCUT2D eigenvalue weighted by atomic mass is 35.5. The molecule has 1 unspecified atom stereocenters. The average Bonchev–Trinajstić information content (AvgIpc) is 3.26. The summed E-state index contributed by atoms with van der Waals surface area (Å²) in [4.78, 5) is 14.9. The van der Waals surface area contributed by atoms with E-state index in [1.165, 1.54) is 15.6 Å². The molecule has 1 aromatic heterocycles. The normalized spacial score (nSPS) is 22.3. The van der Waals surface area contributed by atoms with Gasteiger partial charge in [-0.25, -0.2) is 8.42 Å². The van der Waals surface area contributed by atoms with Crippen LogP contribution in [-0.2, 0) is 10.0 Å². The smallest absolute Gasteiger partial charge is 0.265 e. The van der Waals surface area contributed by atoms with Crippen LogP contribution < -0.4 is 5.73 Å². The molecule has 2 aliphatic rings. The van der Waals surface area contributed by atoms with Crippen molar-refractivity contribution in [1.29, 1.82) is 0 Å². The van der Waals surface area contributed by atoms with Crippen molar-refractivity contribution in [2.24, 2.45) is 11.7 Å². The lowest BCUT2D eigenvalue weighted by Gasteiger charge is -2.19. The minimum absolute atomic E-state index is 0. The van der Waals surface area contributed by atoms with Crippen LogP contribution in [0.3, 0.4) is 0 Å². The van der Waals surface area contributed by atoms with Crippen LogP contribution in [0, 0.1) is 5.92 Å². The van der Waals surface area contributed by atoms with Crippen molar-refractivity contribution in [3.8, 4) is 0 Å². The minimum Gasteiger partial charge on any atom is -0.338 e. The minimum atomic E-state index is -3.55. The lowest BCUT2D eigenvalue weighted by Crippen LogP contribution is -2.32. The second-order valence-electron chi connectivity index (χ2n) is 5.87. The van der Waals surface area contributed by atoms with Crippen molar-refractivity contribution in [2.75, 3.05) is 32.7 Å². The van der Waals surface area contributed by atoms with Crippen LogP contribution in [0.25, 0.3) is 0 Å². The Morgan fingerprint density at radius 1 is 1.30 bits per heavy atom. The van der Waals surface area contributed by atoms with Gasteiger partial charge < -0.3 is 10.6 Å². The summed E-state index contributed by atoms with van der Waals surface area (Å²) in [5.41, 5.74) is 5.66. The third-order valence-corrected chi connectivity index (χ3v) is 7.39. The van der Waals surface area contributed by atoms with Crippen LogP contribution in [0.5, 0.6) is 0 Å². The molecule has 2 fully saturated rings. The highest BCUT2D eigenvalue weighted by Gasteiger charge is 2.34. The first kappa shape index (κ1) is 18.7. The highest BCUT2D eigenvalue weighted by Crippen LogP contribution is 2.30. The van der Waals surface area contributed by atoms with E-state index < -0.39 is 10.0 Å². The van der Waals surface area contributed by atoms with Crippen molar-refractivity contribution in [3.05, 3.63) is 16.3 Å². The first-order valence-electron chi connectivity index (χ1n) is 7.61. The van der Waals surface area contributed by atoms with Gasteiger partial charge in [-0.15, -0.1) is 23.7 Å². The van der Waals surface area contributed by atoms with E-state index in [1.807, 2.05) is 0 Å². The number of rotatable bonds is 4. The number of likely N-dealkylation sites (tertiary alicyclic amines) is 1. The SMILES string of the molecule is Cl.NCC1CCN(C(=O)c2sccc2S(=O)(=O)N2CCCC2)C1. The first-order chi connectivity index (χ1) is 10.5. The third kappa shape index (κ3) is 3.56. The Bertz CT molecular complexity index is 656. The van der Waals surface area contributed by atoms with Gasteiger partial charge in [0.25, 0.3) is 5.91 Å². The summed E-state index contributed by atoms with van der Waals surface area (Å²) in [5.74, 6) is 0.145. The molecule has 1 atom stereocenters. The number of sulfonamides is 1. The molecule has 0 aromatic carbocycles. The second kappa shape index (κ2) is 7.48. The van der Waals surface area contributed by atoms with Crippen LogP contribution in [0.15, 0.2) is 16.3 Å². The van der Waals surface area contributed by atoms with Crippen molar-refractivity contribution in [1.82, 2.24) is 9.21 Å². The van der Waals surface area contributed by atoms with E-state index >= 15 is 0 Å². The zero-order valence-electron chi connectivity index (χ0n) is 12.8. The molecule has 2 aliphatic heterocycles. The summed E-state index contributed by atoms with van der Waals surface area (Å²) in [5, 5.41) is 1.69. The summed E-state index contributed by atoms with van der Waals surface area (Å²) < 4.78 is 26.9. The maximum Gasteiger partial charge on any atom is 0.265 e. The van der Waals surface area contributed by atoms with Gasteiger partial charge in [-0.1, -0.05) is 0 Å². The predicted octanol–water partition coefficient (Wildman–Crippen LogP) is 1.38. The van der Waals surface area contributed by atoms with Gasteiger partial charge in [0.1, 0.15) is 9.77 Å². The Labute approximate surface area is 147 Å². The highest BCUT2D eigenvalue weighted by molar-refractivity contribution is 7.89. The van der Waals surface area contributed by atoms with Crippen molar-refractivity contribution >= 4 is 39.7 Å². The number of hydrogen-bond acceptors (Lipinski definition) is 5. The molecule has 3 rings (SSSR count). The van der Waals surface area contributed by atoms with Crippen LogP contribution in [0.4, 0.5) is 0 Å². The largest absolute Gasteiger partial charge is 0.338 e. The maximum absolute atomic E-state index is 12.7. The molecule has 1 aromatic rings. The quantitative estimate of drug-likeness (QED) is 0.856. The molecule has 0 spiro atoms. The van der Waals surface area contributed by atoms with Gasteiger partial charge in [-0.2, -0.15) is 4.31 Å². The van der Waals surface area contributed by atoms with Crippen LogP contribution in [0.2, 0.25) is 0 Å². The molecule has 1 amide bonds. The van der Waals surface area contributed by atoms with Gasteiger partial charge in [-0.3, -0.25) is 4.79 Å². The molecule has 23 heavy (non-hydrogen) atoms. The lowest BCUT2D eigenvalue weighted by molar-refractivity contribution is 0.0789. The lowest BCUT2D eigenvalue weighted by atomic mass is 10.1. The van der Waals surface area contributed by atoms with Gasteiger partial charge in [0.2, 0.25) is 10.0 Å². The van der Waals surface area contributed by atoms with Gasteiger partial charge in [0, 0.05) is 26.2 Å². The van der Waals surface area contributed by atoms with E-state index in [9.17, 15) is 13.2 Å². The van der Waals surface area contributed by atoms with Crippen LogP contribution in [-0.4, -0.2) is 56.3 Å². The van der Waals surface area contributed by atoms with Crippen LogP contribution >= 0.6 is 23.7 Å².